The number of fused-ring (bicyclic) bond motifs is 3. The topological polar surface area (TPSA) is 134 Å². The second kappa shape index (κ2) is 13.4. The van der Waals surface area contributed by atoms with Crippen molar-refractivity contribution >= 4 is 34.2 Å². The number of nitriles is 1. The van der Waals surface area contributed by atoms with Crippen molar-refractivity contribution in [1.29, 1.82) is 5.26 Å². The molecule has 4 aliphatic rings. The first-order valence-corrected chi connectivity index (χ1v) is 18.2. The summed E-state index contributed by atoms with van der Waals surface area (Å²) in [5, 5.41) is 15.0. The number of pyridine rings is 1. The number of nitrogens with one attached hydrogen (secondary N) is 2. The number of piperidine rings is 1. The molecule has 3 aliphatic heterocycles. The third-order valence-corrected chi connectivity index (χ3v) is 11.2. The van der Waals surface area contributed by atoms with Crippen LogP contribution in [-0.4, -0.2) is 57.0 Å². The Morgan fingerprint density at radius 2 is 1.91 bits per heavy atom. The molecule has 5 aromatic rings. The highest BCUT2D eigenvalue weighted by molar-refractivity contribution is 6.10. The molecule has 2 N–H and O–H groups in total. The first-order valence-electron chi connectivity index (χ1n) is 18.2. The second-order valence-corrected chi connectivity index (χ2v) is 14.5. The van der Waals surface area contributed by atoms with Gasteiger partial charge >= 0.3 is 0 Å². The number of rotatable bonds is 10. The molecule has 2 aromatic heterocycles. The van der Waals surface area contributed by atoms with Gasteiger partial charge in [-0.15, -0.1) is 0 Å². The molecule has 0 radical (unpaired) electrons. The predicted molar refractivity (Wildman–Crippen MR) is 195 cm³/mol. The van der Waals surface area contributed by atoms with Crippen molar-refractivity contribution in [3.8, 4) is 11.9 Å². The summed E-state index contributed by atoms with van der Waals surface area (Å²) in [6.07, 6.45) is 4.66. The Morgan fingerprint density at radius 1 is 1.06 bits per heavy atom. The van der Waals surface area contributed by atoms with Crippen LogP contribution in [0.4, 0.5) is 15.8 Å². The number of nitrogens with zero attached hydrogens (tertiary/aromatic N) is 5. The number of ether oxygens (including phenoxy) is 2. The molecular weight excluding hydrogens is 673 g/mol. The van der Waals surface area contributed by atoms with E-state index in [0.717, 1.165) is 85.6 Å². The lowest BCUT2D eigenvalue weighted by Gasteiger charge is -2.32. The number of hydrogen-bond donors (Lipinski definition) is 2. The number of anilines is 2. The molecule has 2 amide bonds. The summed E-state index contributed by atoms with van der Waals surface area (Å²) in [5.74, 6) is 1.01. The summed E-state index contributed by atoms with van der Waals surface area (Å²) in [4.78, 5) is 38.2. The number of likely N-dealkylation sites (tertiary alicyclic amines) is 1. The molecule has 0 bridgehead atoms. The van der Waals surface area contributed by atoms with E-state index in [-0.39, 0.29) is 36.0 Å². The zero-order valence-corrected chi connectivity index (χ0v) is 29.1. The highest BCUT2D eigenvalue weighted by Gasteiger charge is 2.56. The van der Waals surface area contributed by atoms with Gasteiger partial charge in [0.1, 0.15) is 18.2 Å². The van der Waals surface area contributed by atoms with E-state index in [1.165, 1.54) is 6.07 Å². The van der Waals surface area contributed by atoms with Gasteiger partial charge < -0.3 is 24.7 Å². The summed E-state index contributed by atoms with van der Waals surface area (Å²) in [5.41, 5.74) is 5.90. The van der Waals surface area contributed by atoms with E-state index in [4.69, 9.17) is 24.7 Å². The third kappa shape index (κ3) is 6.40. The molecule has 9 rings (SSSR count). The fourth-order valence-corrected chi connectivity index (χ4v) is 7.80. The number of halogens is 1. The van der Waals surface area contributed by atoms with Gasteiger partial charge in [0.15, 0.2) is 0 Å². The Morgan fingerprint density at radius 3 is 2.66 bits per heavy atom. The average molecular weight is 712 g/mol. The van der Waals surface area contributed by atoms with Crippen LogP contribution in [0, 0.1) is 17.1 Å². The summed E-state index contributed by atoms with van der Waals surface area (Å²) in [6.45, 7) is 3.92. The van der Waals surface area contributed by atoms with Crippen molar-refractivity contribution in [2.24, 2.45) is 0 Å². The molecule has 11 nitrogen and oxygen atoms in total. The summed E-state index contributed by atoms with van der Waals surface area (Å²) in [6, 6.07) is 23.3. The summed E-state index contributed by atoms with van der Waals surface area (Å²) < 4.78 is 28.3. The maximum atomic E-state index is 14.4. The SMILES string of the molecule is N#Cc1ccc(COc2cccc(C3CCN(Cc4nc5cc(C(=O)Nc6ccc7c(c6)C6(CC6)C(=O)N7)ccc5n4CC4CCO4)CC3)n2)c(F)c1. The third-order valence-electron chi connectivity index (χ3n) is 11.2. The van der Waals surface area contributed by atoms with Crippen LogP contribution < -0.4 is 15.4 Å². The first kappa shape index (κ1) is 33.2. The minimum atomic E-state index is -0.470. The molecule has 268 valence electrons. The Balaban J connectivity index is 0.865. The Bertz CT molecular complexity index is 2300. The molecule has 53 heavy (non-hydrogen) atoms. The highest BCUT2D eigenvalue weighted by Crippen LogP contribution is 2.55. The van der Waals surface area contributed by atoms with Gasteiger partial charge in [0, 0.05) is 46.8 Å². The minimum Gasteiger partial charge on any atom is -0.473 e. The second-order valence-electron chi connectivity index (χ2n) is 14.5. The zero-order valence-electron chi connectivity index (χ0n) is 29.1. The molecule has 3 fully saturated rings. The maximum Gasteiger partial charge on any atom is 0.255 e. The molecule has 1 aliphatic carbocycles. The number of imidazole rings is 1. The summed E-state index contributed by atoms with van der Waals surface area (Å²) in [7, 11) is 0. The van der Waals surface area contributed by atoms with Crippen molar-refractivity contribution < 1.29 is 23.5 Å². The number of aromatic nitrogens is 3. The van der Waals surface area contributed by atoms with Gasteiger partial charge in [-0.3, -0.25) is 14.5 Å². The van der Waals surface area contributed by atoms with E-state index < -0.39 is 11.2 Å². The van der Waals surface area contributed by atoms with Crippen LogP contribution in [0.5, 0.6) is 5.88 Å². The van der Waals surface area contributed by atoms with E-state index in [0.29, 0.717) is 35.8 Å². The normalized spacial score (nSPS) is 19.0. The lowest BCUT2D eigenvalue weighted by Crippen LogP contribution is -2.35. The van der Waals surface area contributed by atoms with Gasteiger partial charge in [0.25, 0.3) is 5.91 Å². The van der Waals surface area contributed by atoms with Crippen LogP contribution in [0.1, 0.15) is 76.6 Å². The molecule has 12 heteroatoms. The average Bonchev–Trinajstić information content (AvgIpc) is 3.84. The smallest absolute Gasteiger partial charge is 0.255 e. The summed E-state index contributed by atoms with van der Waals surface area (Å²) >= 11 is 0. The molecule has 1 unspecified atom stereocenters. The molecule has 3 aromatic carbocycles. The standard InChI is InChI=1S/C41H38FN7O4/c42-32-18-25(21-43)4-5-28(32)24-53-38-3-1-2-33(46-38)26-10-15-48(16-11-26)23-37-45-35-19-27(6-9-36(35)49(37)22-30-12-17-52-30)39(50)44-29-7-8-34-31(20-29)41(13-14-41)40(51)47-34/h1-9,18-20,26,30H,10-17,22-24H2,(H,44,50)(H,47,51). The van der Waals surface area contributed by atoms with E-state index in [9.17, 15) is 14.0 Å². The van der Waals surface area contributed by atoms with Crippen molar-refractivity contribution in [2.75, 3.05) is 30.3 Å². The lowest BCUT2D eigenvalue weighted by atomic mass is 9.93. The van der Waals surface area contributed by atoms with Crippen molar-refractivity contribution in [2.45, 2.75) is 69.2 Å². The van der Waals surface area contributed by atoms with Crippen LogP contribution in [0.25, 0.3) is 11.0 Å². The van der Waals surface area contributed by atoms with E-state index in [1.807, 2.05) is 54.6 Å². The van der Waals surface area contributed by atoms with Crippen molar-refractivity contribution in [1.82, 2.24) is 19.4 Å². The Kier molecular flexibility index (Phi) is 8.40. The maximum absolute atomic E-state index is 14.4. The van der Waals surface area contributed by atoms with Crippen LogP contribution in [0.3, 0.4) is 0 Å². The predicted octanol–water partition coefficient (Wildman–Crippen LogP) is 6.43. The monoisotopic (exact) mass is 711 g/mol. The van der Waals surface area contributed by atoms with Crippen LogP contribution in [-0.2, 0) is 34.6 Å². The fourth-order valence-electron chi connectivity index (χ4n) is 7.80. The number of carbonyl (C=O) groups is 2. The van der Waals surface area contributed by atoms with E-state index in [2.05, 4.69) is 20.1 Å². The highest BCUT2D eigenvalue weighted by atomic mass is 19.1. The largest absolute Gasteiger partial charge is 0.473 e. The van der Waals surface area contributed by atoms with Crippen molar-refractivity contribution in [3.63, 3.8) is 0 Å². The first-order chi connectivity index (χ1) is 25.8. The fraction of sp³-hybridized carbons (Fsp3) is 0.341. The molecule has 1 spiro atoms. The quantitative estimate of drug-likeness (QED) is 0.170. The number of hydrogen-bond acceptors (Lipinski definition) is 8. The Labute approximate surface area is 305 Å². The van der Waals surface area contributed by atoms with Gasteiger partial charge in [-0.05, 0) is 105 Å². The van der Waals surface area contributed by atoms with Crippen LogP contribution >= 0.6 is 0 Å². The van der Waals surface area contributed by atoms with Crippen LogP contribution in [0.15, 0.2) is 72.8 Å². The van der Waals surface area contributed by atoms with E-state index in [1.54, 1.807) is 18.2 Å². The van der Waals surface area contributed by atoms with Gasteiger partial charge in [-0.25, -0.2) is 14.4 Å². The Hall–Kier alpha value is -5.64. The van der Waals surface area contributed by atoms with Gasteiger partial charge in [-0.1, -0.05) is 12.1 Å². The number of amides is 2. The molecule has 2 saturated heterocycles. The number of carbonyl (C=O) groups excluding carboxylic acids is 2. The van der Waals surface area contributed by atoms with Crippen LogP contribution in [0.2, 0.25) is 0 Å². The molecular formula is C41H38FN7O4. The minimum absolute atomic E-state index is 0.0296. The van der Waals surface area contributed by atoms with E-state index >= 15 is 0 Å². The molecule has 5 heterocycles. The molecule has 1 saturated carbocycles. The van der Waals surface area contributed by atoms with Gasteiger partial charge in [0.2, 0.25) is 11.8 Å². The number of benzene rings is 3. The van der Waals surface area contributed by atoms with Crippen molar-refractivity contribution in [3.05, 3.63) is 112 Å². The zero-order chi connectivity index (χ0) is 36.1. The lowest BCUT2D eigenvalue weighted by molar-refractivity contribution is -0.117. The molecule has 1 atom stereocenters. The van der Waals surface area contributed by atoms with Gasteiger partial charge in [0.05, 0.1) is 47.3 Å². The van der Waals surface area contributed by atoms with Gasteiger partial charge in [-0.2, -0.15) is 5.26 Å².